The number of hydrogen-bond donors (Lipinski definition) is 3. The van der Waals surface area contributed by atoms with E-state index in [1.807, 2.05) is 6.08 Å². The number of allylic oxidation sites excluding steroid dienone is 3. The standard InChI is InChI=1S/C65H125NO5/c1-3-5-7-9-11-13-15-17-33-37-41-45-49-53-57-63(68)62(61-67)66-64(69)58-54-50-46-42-38-34-31-29-27-25-23-21-19-20-22-24-26-28-30-32-36-40-44-48-52-56-60-71-65(70)59-55-51-47-43-39-35-18-16-14-12-10-8-6-4-2/h19,21,53,57,62-63,67-68H,3-18,20,22-52,54-56,58-61H2,1-2H3,(H,66,69)/b21-19-,57-53+. The lowest BCUT2D eigenvalue weighted by atomic mass is 10.0. The maximum absolute atomic E-state index is 12.5. The van der Waals surface area contributed by atoms with Crippen molar-refractivity contribution in [1.82, 2.24) is 5.32 Å². The molecule has 0 fully saturated rings. The average molecular weight is 1000 g/mol. The van der Waals surface area contributed by atoms with Crippen LogP contribution in [0, 0.1) is 0 Å². The van der Waals surface area contributed by atoms with E-state index in [1.165, 1.54) is 289 Å². The first kappa shape index (κ1) is 69.3. The number of aliphatic hydroxyl groups excluding tert-OH is 2. The number of carbonyl (C=O) groups is 2. The van der Waals surface area contributed by atoms with Gasteiger partial charge in [-0.15, -0.1) is 0 Å². The average Bonchev–Trinajstić information content (AvgIpc) is 3.37. The van der Waals surface area contributed by atoms with Gasteiger partial charge in [0.05, 0.1) is 25.4 Å². The molecular formula is C65H125NO5. The van der Waals surface area contributed by atoms with Crippen molar-refractivity contribution in [3.05, 3.63) is 24.3 Å². The Labute approximate surface area is 443 Å². The highest BCUT2D eigenvalue weighted by molar-refractivity contribution is 5.76. The Morgan fingerprint density at radius 3 is 1.00 bits per heavy atom. The second-order valence-corrected chi connectivity index (χ2v) is 22.1. The van der Waals surface area contributed by atoms with Crippen LogP contribution in [-0.4, -0.2) is 47.4 Å². The van der Waals surface area contributed by atoms with Crippen LogP contribution in [0.15, 0.2) is 24.3 Å². The Balaban J connectivity index is 3.39. The zero-order valence-electron chi connectivity index (χ0n) is 48.0. The van der Waals surface area contributed by atoms with Crippen molar-refractivity contribution in [1.29, 1.82) is 0 Å². The fraction of sp³-hybridized carbons (Fsp3) is 0.908. The number of rotatable bonds is 60. The molecule has 2 atom stereocenters. The van der Waals surface area contributed by atoms with Gasteiger partial charge in [-0.25, -0.2) is 0 Å². The van der Waals surface area contributed by atoms with Gasteiger partial charge in [0.15, 0.2) is 0 Å². The summed E-state index contributed by atoms with van der Waals surface area (Å²) in [6, 6.07) is -0.628. The Morgan fingerprint density at radius 1 is 0.380 bits per heavy atom. The van der Waals surface area contributed by atoms with E-state index in [2.05, 4.69) is 31.3 Å². The molecule has 2 unspecified atom stereocenters. The lowest BCUT2D eigenvalue weighted by molar-refractivity contribution is -0.143. The molecule has 0 heterocycles. The molecule has 0 aromatic rings. The third-order valence-corrected chi connectivity index (χ3v) is 15.0. The summed E-state index contributed by atoms with van der Waals surface area (Å²) in [5, 5.41) is 23.1. The lowest BCUT2D eigenvalue weighted by Gasteiger charge is -2.20. The quantitative estimate of drug-likeness (QED) is 0.0320. The smallest absolute Gasteiger partial charge is 0.305 e. The normalized spacial score (nSPS) is 12.7. The van der Waals surface area contributed by atoms with E-state index >= 15 is 0 Å². The number of esters is 1. The van der Waals surface area contributed by atoms with Gasteiger partial charge in [0.25, 0.3) is 0 Å². The van der Waals surface area contributed by atoms with Crippen LogP contribution in [0.5, 0.6) is 0 Å². The predicted octanol–water partition coefficient (Wildman–Crippen LogP) is 20.2. The zero-order chi connectivity index (χ0) is 51.4. The van der Waals surface area contributed by atoms with E-state index in [1.54, 1.807) is 6.08 Å². The number of nitrogens with one attached hydrogen (secondary N) is 1. The van der Waals surface area contributed by atoms with Crippen molar-refractivity contribution in [2.75, 3.05) is 13.2 Å². The van der Waals surface area contributed by atoms with E-state index in [0.29, 0.717) is 19.4 Å². The summed E-state index contributed by atoms with van der Waals surface area (Å²) < 4.78 is 5.49. The molecule has 6 heteroatoms. The summed E-state index contributed by atoms with van der Waals surface area (Å²) in [4.78, 5) is 24.5. The fourth-order valence-corrected chi connectivity index (χ4v) is 10.0. The highest BCUT2D eigenvalue weighted by atomic mass is 16.5. The van der Waals surface area contributed by atoms with Crippen molar-refractivity contribution in [2.24, 2.45) is 0 Å². The molecule has 0 aliphatic rings. The summed E-state index contributed by atoms with van der Waals surface area (Å²) in [6.45, 7) is 4.92. The van der Waals surface area contributed by atoms with Gasteiger partial charge in [-0.1, -0.05) is 308 Å². The maximum atomic E-state index is 12.5. The molecule has 1 amide bonds. The van der Waals surface area contributed by atoms with Gasteiger partial charge in [-0.2, -0.15) is 0 Å². The molecule has 3 N–H and O–H groups in total. The molecular weight excluding hydrogens is 875 g/mol. The van der Waals surface area contributed by atoms with E-state index < -0.39 is 12.1 Å². The van der Waals surface area contributed by atoms with E-state index in [-0.39, 0.29) is 18.5 Å². The molecule has 0 aliphatic heterocycles. The topological polar surface area (TPSA) is 95.9 Å². The van der Waals surface area contributed by atoms with Crippen LogP contribution in [0.3, 0.4) is 0 Å². The van der Waals surface area contributed by atoms with Crippen molar-refractivity contribution >= 4 is 11.9 Å². The number of hydrogen-bond acceptors (Lipinski definition) is 5. The van der Waals surface area contributed by atoms with Gasteiger partial charge in [0.1, 0.15) is 0 Å². The molecule has 0 aromatic carbocycles. The van der Waals surface area contributed by atoms with E-state index in [4.69, 9.17) is 4.74 Å². The molecule has 0 bridgehead atoms. The number of carbonyl (C=O) groups excluding carboxylic acids is 2. The highest BCUT2D eigenvalue weighted by Crippen LogP contribution is 2.18. The van der Waals surface area contributed by atoms with Crippen LogP contribution in [-0.2, 0) is 14.3 Å². The number of aliphatic hydroxyl groups is 2. The minimum atomic E-state index is -0.845. The number of unbranched alkanes of at least 4 members (excludes halogenated alkanes) is 47. The Kier molecular flexibility index (Phi) is 59.5. The second-order valence-electron chi connectivity index (χ2n) is 22.1. The van der Waals surface area contributed by atoms with E-state index in [0.717, 1.165) is 38.5 Å². The minimum Gasteiger partial charge on any atom is -0.466 e. The fourth-order valence-electron chi connectivity index (χ4n) is 10.0. The van der Waals surface area contributed by atoms with E-state index in [9.17, 15) is 19.8 Å². The molecule has 0 aliphatic carbocycles. The molecule has 0 spiro atoms. The van der Waals surface area contributed by atoms with Crippen LogP contribution in [0.1, 0.15) is 354 Å². The Morgan fingerprint density at radius 2 is 0.662 bits per heavy atom. The monoisotopic (exact) mass is 1000 g/mol. The van der Waals surface area contributed by atoms with Crippen molar-refractivity contribution < 1.29 is 24.5 Å². The summed E-state index contributed by atoms with van der Waals surface area (Å²) in [7, 11) is 0. The second kappa shape index (κ2) is 60.9. The molecule has 71 heavy (non-hydrogen) atoms. The van der Waals surface area contributed by atoms with Gasteiger partial charge >= 0.3 is 5.97 Å². The van der Waals surface area contributed by atoms with Gasteiger partial charge in [-0.3, -0.25) is 9.59 Å². The molecule has 6 nitrogen and oxygen atoms in total. The van der Waals surface area contributed by atoms with Gasteiger partial charge < -0.3 is 20.3 Å². The van der Waals surface area contributed by atoms with Crippen molar-refractivity contribution in [3.63, 3.8) is 0 Å². The van der Waals surface area contributed by atoms with Gasteiger partial charge in [0.2, 0.25) is 5.91 Å². The van der Waals surface area contributed by atoms with Crippen LogP contribution in [0.2, 0.25) is 0 Å². The molecule has 0 aromatic heterocycles. The summed E-state index contributed by atoms with van der Waals surface area (Å²) in [6.07, 6.45) is 75.1. The molecule has 0 saturated heterocycles. The highest BCUT2D eigenvalue weighted by Gasteiger charge is 2.18. The Bertz CT molecular complexity index is 1110. The predicted molar refractivity (Wildman–Crippen MR) is 310 cm³/mol. The first-order valence-electron chi connectivity index (χ1n) is 32.1. The lowest BCUT2D eigenvalue weighted by Crippen LogP contribution is -2.45. The van der Waals surface area contributed by atoms with Crippen molar-refractivity contribution in [2.45, 2.75) is 366 Å². The minimum absolute atomic E-state index is 0.0165. The van der Waals surface area contributed by atoms with Crippen LogP contribution in [0.4, 0.5) is 0 Å². The first-order chi connectivity index (χ1) is 35.0. The maximum Gasteiger partial charge on any atom is 0.305 e. The SMILES string of the molecule is CCCCCCCCCCCCCC/C=C/C(O)C(CO)NC(=O)CCCCCCCCCCCC/C=C\CCCCCCCCCCCCCCOC(=O)CCCCCCCCCCCCCCCC. The largest absolute Gasteiger partial charge is 0.466 e. The Hall–Kier alpha value is -1.66. The third-order valence-electron chi connectivity index (χ3n) is 15.0. The zero-order valence-corrected chi connectivity index (χ0v) is 48.0. The summed E-state index contributed by atoms with van der Waals surface area (Å²) in [5.41, 5.74) is 0. The molecule has 420 valence electrons. The molecule has 0 saturated carbocycles. The van der Waals surface area contributed by atoms with Gasteiger partial charge in [-0.05, 0) is 57.8 Å². The third kappa shape index (κ3) is 57.5. The van der Waals surface area contributed by atoms with Gasteiger partial charge in [0, 0.05) is 12.8 Å². The summed E-state index contributed by atoms with van der Waals surface area (Å²) >= 11 is 0. The molecule has 0 radical (unpaired) electrons. The summed E-state index contributed by atoms with van der Waals surface area (Å²) in [5.74, 6) is -0.0519. The first-order valence-corrected chi connectivity index (χ1v) is 32.1. The van der Waals surface area contributed by atoms with Crippen LogP contribution in [0.25, 0.3) is 0 Å². The van der Waals surface area contributed by atoms with Crippen molar-refractivity contribution in [3.8, 4) is 0 Å². The number of amides is 1. The van der Waals surface area contributed by atoms with Crippen LogP contribution < -0.4 is 5.32 Å². The molecule has 0 rings (SSSR count). The number of ether oxygens (including phenoxy) is 1. The van der Waals surface area contributed by atoms with Crippen LogP contribution >= 0.6 is 0 Å².